The molecule has 2 aliphatic rings. The zero-order valence-electron chi connectivity index (χ0n) is 16.5. The molecule has 152 valence electrons. The van der Waals surface area contributed by atoms with Gasteiger partial charge in [0.1, 0.15) is 17.9 Å². The van der Waals surface area contributed by atoms with Crippen molar-refractivity contribution in [2.24, 2.45) is 5.92 Å². The maximum Gasteiger partial charge on any atom is 0.325 e. The molecule has 28 heavy (non-hydrogen) atoms. The third-order valence-electron chi connectivity index (χ3n) is 5.85. The number of amides is 4. The topological polar surface area (TPSA) is 69.7 Å². The van der Waals surface area contributed by atoms with E-state index in [1.54, 1.807) is 4.90 Å². The van der Waals surface area contributed by atoms with Crippen LogP contribution in [0.2, 0.25) is 0 Å². The summed E-state index contributed by atoms with van der Waals surface area (Å²) in [6.45, 7) is 5.21. The van der Waals surface area contributed by atoms with Crippen LogP contribution in [0.3, 0.4) is 0 Å². The highest BCUT2D eigenvalue weighted by atomic mass is 19.1. The molecular formula is C21H28FN3O3. The van der Waals surface area contributed by atoms with Crippen molar-refractivity contribution in [3.63, 3.8) is 0 Å². The largest absolute Gasteiger partial charge is 0.341 e. The third-order valence-corrected chi connectivity index (χ3v) is 5.85. The van der Waals surface area contributed by atoms with E-state index in [4.69, 9.17) is 0 Å². The van der Waals surface area contributed by atoms with Crippen LogP contribution in [-0.2, 0) is 15.1 Å². The van der Waals surface area contributed by atoms with Gasteiger partial charge in [0.25, 0.3) is 5.91 Å². The van der Waals surface area contributed by atoms with Gasteiger partial charge in [0.05, 0.1) is 0 Å². The van der Waals surface area contributed by atoms with Crippen LogP contribution in [0, 0.1) is 11.7 Å². The second kappa shape index (κ2) is 8.29. The SMILES string of the molecule is CCCC[C@@]1(c2ccc(F)cc2)NC(=O)N(CC(=O)N2CCC(C)CC2)C1=O. The minimum atomic E-state index is -1.24. The van der Waals surface area contributed by atoms with E-state index in [1.165, 1.54) is 24.3 Å². The fourth-order valence-corrected chi connectivity index (χ4v) is 3.95. The minimum Gasteiger partial charge on any atom is -0.341 e. The molecule has 0 aromatic heterocycles. The summed E-state index contributed by atoms with van der Waals surface area (Å²) >= 11 is 0. The molecule has 4 amide bonds. The molecular weight excluding hydrogens is 361 g/mol. The number of carbonyl (C=O) groups is 3. The molecule has 7 heteroatoms. The number of imide groups is 1. The van der Waals surface area contributed by atoms with Gasteiger partial charge in [0.15, 0.2) is 0 Å². The van der Waals surface area contributed by atoms with Gasteiger partial charge in [-0.25, -0.2) is 9.18 Å². The summed E-state index contributed by atoms with van der Waals surface area (Å²) in [4.78, 5) is 41.3. The smallest absolute Gasteiger partial charge is 0.325 e. The Morgan fingerprint density at radius 3 is 2.46 bits per heavy atom. The number of hydrogen-bond donors (Lipinski definition) is 1. The van der Waals surface area contributed by atoms with Crippen molar-refractivity contribution in [2.75, 3.05) is 19.6 Å². The van der Waals surface area contributed by atoms with Crippen molar-refractivity contribution in [3.05, 3.63) is 35.6 Å². The van der Waals surface area contributed by atoms with E-state index in [-0.39, 0.29) is 12.5 Å². The molecule has 2 aliphatic heterocycles. The van der Waals surface area contributed by atoms with Crippen LogP contribution >= 0.6 is 0 Å². The van der Waals surface area contributed by atoms with Crippen molar-refractivity contribution in [1.82, 2.24) is 15.1 Å². The fraction of sp³-hybridized carbons (Fsp3) is 0.571. The zero-order chi connectivity index (χ0) is 20.3. The van der Waals surface area contributed by atoms with Gasteiger partial charge in [-0.15, -0.1) is 0 Å². The molecule has 2 heterocycles. The Kier molecular flexibility index (Phi) is 6.01. The van der Waals surface area contributed by atoms with Crippen LogP contribution in [-0.4, -0.2) is 47.3 Å². The summed E-state index contributed by atoms with van der Waals surface area (Å²) < 4.78 is 13.4. The van der Waals surface area contributed by atoms with Gasteiger partial charge in [-0.1, -0.05) is 38.8 Å². The molecule has 2 saturated heterocycles. The molecule has 0 saturated carbocycles. The Morgan fingerprint density at radius 2 is 1.86 bits per heavy atom. The molecule has 0 radical (unpaired) electrons. The lowest BCUT2D eigenvalue weighted by Crippen LogP contribution is -2.47. The van der Waals surface area contributed by atoms with Crippen molar-refractivity contribution >= 4 is 17.8 Å². The molecule has 1 atom stereocenters. The molecule has 3 rings (SSSR count). The highest BCUT2D eigenvalue weighted by Crippen LogP contribution is 2.34. The molecule has 1 N–H and O–H groups in total. The van der Waals surface area contributed by atoms with Gasteiger partial charge in [0.2, 0.25) is 5.91 Å². The fourth-order valence-electron chi connectivity index (χ4n) is 3.95. The first-order valence-corrected chi connectivity index (χ1v) is 10.1. The number of halogens is 1. The summed E-state index contributed by atoms with van der Waals surface area (Å²) in [6.07, 6.45) is 3.83. The number of rotatable bonds is 6. The maximum absolute atomic E-state index is 13.4. The van der Waals surface area contributed by atoms with Gasteiger partial charge in [-0.3, -0.25) is 14.5 Å². The standard InChI is InChI=1S/C21H28FN3O3/c1-3-4-11-21(16-5-7-17(22)8-6-16)19(27)25(20(28)23-21)14-18(26)24-12-9-15(2)10-13-24/h5-8,15H,3-4,9-14H2,1-2H3,(H,23,28)/t21-/m0/s1. The molecule has 1 aromatic rings. The average Bonchev–Trinajstić information content (AvgIpc) is 2.92. The van der Waals surface area contributed by atoms with Crippen LogP contribution in [0.15, 0.2) is 24.3 Å². The predicted molar refractivity (Wildman–Crippen MR) is 103 cm³/mol. The summed E-state index contributed by atoms with van der Waals surface area (Å²) in [7, 11) is 0. The summed E-state index contributed by atoms with van der Waals surface area (Å²) in [5, 5.41) is 2.80. The van der Waals surface area contributed by atoms with E-state index in [1.807, 2.05) is 6.92 Å². The van der Waals surface area contributed by atoms with Gasteiger partial charge < -0.3 is 10.2 Å². The molecule has 6 nitrogen and oxygen atoms in total. The lowest BCUT2D eigenvalue weighted by atomic mass is 9.85. The van der Waals surface area contributed by atoms with Crippen LogP contribution in [0.4, 0.5) is 9.18 Å². The van der Waals surface area contributed by atoms with Gasteiger partial charge in [-0.2, -0.15) is 0 Å². The van der Waals surface area contributed by atoms with Crippen LogP contribution in [0.5, 0.6) is 0 Å². The van der Waals surface area contributed by atoms with Crippen molar-refractivity contribution in [2.45, 2.75) is 51.5 Å². The Morgan fingerprint density at radius 1 is 1.21 bits per heavy atom. The Labute approximate surface area is 165 Å². The number of piperidine rings is 1. The van der Waals surface area contributed by atoms with Crippen LogP contribution < -0.4 is 5.32 Å². The average molecular weight is 389 g/mol. The van der Waals surface area contributed by atoms with Gasteiger partial charge in [-0.05, 0) is 42.9 Å². The Balaban J connectivity index is 1.80. The normalized spacial score (nSPS) is 23.2. The summed E-state index contributed by atoms with van der Waals surface area (Å²) in [5.41, 5.74) is -0.695. The van der Waals surface area contributed by atoms with E-state index in [0.29, 0.717) is 31.0 Å². The maximum atomic E-state index is 13.4. The summed E-state index contributed by atoms with van der Waals surface area (Å²) in [6, 6.07) is 5.06. The number of hydrogen-bond acceptors (Lipinski definition) is 3. The molecule has 0 aliphatic carbocycles. The number of benzene rings is 1. The first-order valence-electron chi connectivity index (χ1n) is 10.1. The van der Waals surface area contributed by atoms with E-state index >= 15 is 0 Å². The highest BCUT2D eigenvalue weighted by Gasteiger charge is 2.52. The number of likely N-dealkylation sites (tertiary alicyclic amines) is 1. The number of nitrogens with zero attached hydrogens (tertiary/aromatic N) is 2. The first kappa shape index (κ1) is 20.3. The van der Waals surface area contributed by atoms with Crippen molar-refractivity contribution in [1.29, 1.82) is 0 Å². The third kappa shape index (κ3) is 3.88. The number of carbonyl (C=O) groups excluding carboxylic acids is 3. The Bertz CT molecular complexity index is 744. The van der Waals surface area contributed by atoms with Crippen molar-refractivity contribution < 1.29 is 18.8 Å². The second-order valence-corrected chi connectivity index (χ2v) is 7.90. The lowest BCUT2D eigenvalue weighted by Gasteiger charge is -2.31. The van der Waals surface area contributed by atoms with Crippen LogP contribution in [0.25, 0.3) is 0 Å². The van der Waals surface area contributed by atoms with Gasteiger partial charge >= 0.3 is 6.03 Å². The first-order chi connectivity index (χ1) is 13.4. The number of unbranched alkanes of at least 4 members (excludes halogenated alkanes) is 1. The highest BCUT2D eigenvalue weighted by molar-refractivity contribution is 6.09. The molecule has 2 fully saturated rings. The lowest BCUT2D eigenvalue weighted by molar-refractivity contribution is -0.140. The van der Waals surface area contributed by atoms with E-state index in [0.717, 1.165) is 30.6 Å². The number of nitrogens with one attached hydrogen (secondary N) is 1. The monoisotopic (exact) mass is 389 g/mol. The van der Waals surface area contributed by atoms with E-state index < -0.39 is 23.3 Å². The van der Waals surface area contributed by atoms with Crippen LogP contribution in [0.1, 0.15) is 51.5 Å². The summed E-state index contributed by atoms with van der Waals surface area (Å²) in [5.74, 6) is -0.462. The van der Waals surface area contributed by atoms with E-state index in [2.05, 4.69) is 12.2 Å². The van der Waals surface area contributed by atoms with E-state index in [9.17, 15) is 18.8 Å². The number of urea groups is 1. The quantitative estimate of drug-likeness (QED) is 0.761. The molecule has 0 spiro atoms. The molecule has 0 bridgehead atoms. The Hall–Kier alpha value is -2.44. The minimum absolute atomic E-state index is 0.208. The zero-order valence-corrected chi connectivity index (χ0v) is 16.5. The van der Waals surface area contributed by atoms with Gasteiger partial charge in [0, 0.05) is 13.1 Å². The predicted octanol–water partition coefficient (Wildman–Crippen LogP) is 3.02. The van der Waals surface area contributed by atoms with Crippen molar-refractivity contribution in [3.8, 4) is 0 Å². The molecule has 0 unspecified atom stereocenters. The molecule has 1 aromatic carbocycles. The second-order valence-electron chi connectivity index (χ2n) is 7.90.